The Hall–Kier alpha value is -1.29. The zero-order valence-electron chi connectivity index (χ0n) is 8.31. The topological polar surface area (TPSA) is 41.1 Å². The molecule has 0 radical (unpaired) electrons. The van der Waals surface area contributed by atoms with E-state index in [1.54, 1.807) is 6.07 Å². The van der Waals surface area contributed by atoms with E-state index < -0.39 is 5.82 Å². The van der Waals surface area contributed by atoms with Gasteiger partial charge in [0.1, 0.15) is 5.82 Å². The van der Waals surface area contributed by atoms with Gasteiger partial charge >= 0.3 is 0 Å². The zero-order chi connectivity index (χ0) is 11.3. The first-order chi connectivity index (χ1) is 7.11. The van der Waals surface area contributed by atoms with Crippen molar-refractivity contribution in [3.05, 3.63) is 29.0 Å². The minimum absolute atomic E-state index is 0.105. The van der Waals surface area contributed by atoms with Crippen LogP contribution in [0.15, 0.2) is 18.2 Å². The minimum atomic E-state index is -0.430. The van der Waals surface area contributed by atoms with Crippen LogP contribution < -0.4 is 10.6 Å². The van der Waals surface area contributed by atoms with Gasteiger partial charge in [0, 0.05) is 17.3 Å². The Morgan fingerprint density at radius 3 is 2.80 bits per heavy atom. The molecule has 0 aliphatic carbocycles. The Bertz CT molecular complexity index is 337. The molecular weight excluding hydrogens is 219 g/mol. The van der Waals surface area contributed by atoms with Gasteiger partial charge in [-0.2, -0.15) is 0 Å². The molecular formula is C10H12ClFN2O. The van der Waals surface area contributed by atoms with Crippen molar-refractivity contribution < 1.29 is 9.18 Å². The lowest BCUT2D eigenvalue weighted by Crippen LogP contribution is -2.29. The van der Waals surface area contributed by atoms with Crippen molar-refractivity contribution in [2.45, 2.75) is 6.92 Å². The fourth-order valence-electron chi connectivity index (χ4n) is 1.10. The number of anilines is 1. The normalized spacial score (nSPS) is 9.80. The van der Waals surface area contributed by atoms with Crippen LogP contribution in [0.5, 0.6) is 0 Å². The third kappa shape index (κ3) is 4.16. The van der Waals surface area contributed by atoms with Crippen molar-refractivity contribution in [1.82, 2.24) is 5.32 Å². The molecule has 0 aliphatic heterocycles. The second-order valence-corrected chi connectivity index (χ2v) is 3.40. The van der Waals surface area contributed by atoms with E-state index in [4.69, 9.17) is 11.6 Å². The molecule has 82 valence electrons. The van der Waals surface area contributed by atoms with E-state index in [0.29, 0.717) is 17.3 Å². The number of likely N-dealkylation sites (N-methyl/N-ethyl adjacent to an activating group) is 1. The van der Waals surface area contributed by atoms with Crippen molar-refractivity contribution in [2.75, 3.05) is 18.4 Å². The summed E-state index contributed by atoms with van der Waals surface area (Å²) < 4.78 is 12.9. The quantitative estimate of drug-likeness (QED) is 0.831. The predicted molar refractivity (Wildman–Crippen MR) is 58.6 cm³/mol. The molecule has 1 aromatic rings. The maximum atomic E-state index is 12.9. The minimum Gasteiger partial charge on any atom is -0.376 e. The molecule has 0 saturated heterocycles. The van der Waals surface area contributed by atoms with E-state index >= 15 is 0 Å². The van der Waals surface area contributed by atoms with Crippen LogP contribution in [0.3, 0.4) is 0 Å². The number of amides is 1. The van der Waals surface area contributed by atoms with Crippen LogP contribution >= 0.6 is 11.6 Å². The lowest BCUT2D eigenvalue weighted by molar-refractivity contribution is -0.119. The van der Waals surface area contributed by atoms with E-state index in [1.165, 1.54) is 12.1 Å². The van der Waals surface area contributed by atoms with Gasteiger partial charge in [-0.3, -0.25) is 4.79 Å². The first kappa shape index (κ1) is 11.8. The summed E-state index contributed by atoms with van der Waals surface area (Å²) in [5.74, 6) is -0.571. The molecule has 0 fully saturated rings. The summed E-state index contributed by atoms with van der Waals surface area (Å²) in [5.41, 5.74) is 0.492. The van der Waals surface area contributed by atoms with Gasteiger partial charge in [0.15, 0.2) is 0 Å². The van der Waals surface area contributed by atoms with E-state index in [1.807, 2.05) is 6.92 Å². The second-order valence-electron chi connectivity index (χ2n) is 2.97. The number of rotatable bonds is 4. The highest BCUT2D eigenvalue weighted by molar-refractivity contribution is 6.30. The largest absolute Gasteiger partial charge is 0.376 e. The molecule has 15 heavy (non-hydrogen) atoms. The van der Waals surface area contributed by atoms with Crippen LogP contribution in [-0.2, 0) is 4.79 Å². The second kappa shape index (κ2) is 5.56. The van der Waals surface area contributed by atoms with Crippen molar-refractivity contribution >= 4 is 23.2 Å². The standard InChI is InChI=1S/C10H12ClFN2O/c1-2-13-10(15)6-14-9-4-7(11)3-8(12)5-9/h3-5,14H,2,6H2,1H3,(H,13,15). The average molecular weight is 231 g/mol. The number of carbonyl (C=O) groups is 1. The van der Waals surface area contributed by atoms with Crippen LogP contribution in [0.25, 0.3) is 0 Å². The summed E-state index contributed by atoms with van der Waals surface area (Å²) >= 11 is 5.65. The van der Waals surface area contributed by atoms with Crippen molar-refractivity contribution in [2.24, 2.45) is 0 Å². The monoisotopic (exact) mass is 230 g/mol. The average Bonchev–Trinajstić information content (AvgIpc) is 2.14. The molecule has 1 aromatic carbocycles. The number of hydrogen-bond acceptors (Lipinski definition) is 2. The number of benzene rings is 1. The van der Waals surface area contributed by atoms with E-state index in [2.05, 4.69) is 10.6 Å². The highest BCUT2D eigenvalue weighted by Gasteiger charge is 2.01. The van der Waals surface area contributed by atoms with Gasteiger partial charge in [-0.15, -0.1) is 0 Å². The Labute approximate surface area is 92.6 Å². The summed E-state index contributed by atoms with van der Waals surface area (Å²) in [7, 11) is 0. The van der Waals surface area contributed by atoms with Crippen molar-refractivity contribution in [3.8, 4) is 0 Å². The lowest BCUT2D eigenvalue weighted by Gasteiger charge is -2.06. The lowest BCUT2D eigenvalue weighted by atomic mass is 10.3. The summed E-state index contributed by atoms with van der Waals surface area (Å²) in [6.07, 6.45) is 0. The smallest absolute Gasteiger partial charge is 0.239 e. The van der Waals surface area contributed by atoms with Crippen LogP contribution in [0.1, 0.15) is 6.92 Å². The third-order valence-electron chi connectivity index (χ3n) is 1.69. The zero-order valence-corrected chi connectivity index (χ0v) is 9.07. The van der Waals surface area contributed by atoms with Crippen LogP contribution in [0.2, 0.25) is 5.02 Å². The van der Waals surface area contributed by atoms with Gasteiger partial charge in [0.2, 0.25) is 5.91 Å². The Balaban J connectivity index is 2.54. The van der Waals surface area contributed by atoms with Crippen LogP contribution in [-0.4, -0.2) is 19.0 Å². The van der Waals surface area contributed by atoms with Gasteiger partial charge in [0.05, 0.1) is 6.54 Å². The predicted octanol–water partition coefficient (Wildman–Crippen LogP) is 2.03. The maximum absolute atomic E-state index is 12.9. The van der Waals surface area contributed by atoms with Crippen LogP contribution in [0, 0.1) is 5.82 Å². The first-order valence-corrected chi connectivity index (χ1v) is 4.96. The number of hydrogen-bond donors (Lipinski definition) is 2. The molecule has 0 aromatic heterocycles. The fourth-order valence-corrected chi connectivity index (χ4v) is 1.32. The van der Waals surface area contributed by atoms with E-state index in [0.717, 1.165) is 0 Å². The molecule has 2 N–H and O–H groups in total. The molecule has 1 amide bonds. The number of carbonyl (C=O) groups excluding carboxylic acids is 1. The van der Waals surface area contributed by atoms with Crippen LogP contribution in [0.4, 0.5) is 10.1 Å². The van der Waals surface area contributed by atoms with Crippen molar-refractivity contribution in [1.29, 1.82) is 0 Å². The fraction of sp³-hybridized carbons (Fsp3) is 0.300. The number of nitrogens with one attached hydrogen (secondary N) is 2. The Kier molecular flexibility index (Phi) is 4.37. The van der Waals surface area contributed by atoms with Gasteiger partial charge in [-0.05, 0) is 25.1 Å². The highest BCUT2D eigenvalue weighted by Crippen LogP contribution is 2.17. The van der Waals surface area contributed by atoms with Crippen molar-refractivity contribution in [3.63, 3.8) is 0 Å². The van der Waals surface area contributed by atoms with E-state index in [-0.39, 0.29) is 12.5 Å². The molecule has 5 heteroatoms. The van der Waals surface area contributed by atoms with E-state index in [9.17, 15) is 9.18 Å². The molecule has 1 rings (SSSR count). The Morgan fingerprint density at radius 2 is 2.20 bits per heavy atom. The molecule has 0 unspecified atom stereocenters. The molecule has 0 bridgehead atoms. The van der Waals surface area contributed by atoms with Gasteiger partial charge in [0.25, 0.3) is 0 Å². The SMILES string of the molecule is CCNC(=O)CNc1cc(F)cc(Cl)c1. The molecule has 0 heterocycles. The maximum Gasteiger partial charge on any atom is 0.239 e. The third-order valence-corrected chi connectivity index (χ3v) is 1.91. The van der Waals surface area contributed by atoms with Gasteiger partial charge in [-0.25, -0.2) is 4.39 Å². The molecule has 0 atom stereocenters. The Morgan fingerprint density at radius 1 is 1.47 bits per heavy atom. The van der Waals surface area contributed by atoms with Gasteiger partial charge in [-0.1, -0.05) is 11.6 Å². The molecule has 0 saturated carbocycles. The highest BCUT2D eigenvalue weighted by atomic mass is 35.5. The number of halogens is 2. The molecule has 3 nitrogen and oxygen atoms in total. The van der Waals surface area contributed by atoms with Gasteiger partial charge < -0.3 is 10.6 Å². The summed E-state index contributed by atoms with van der Waals surface area (Å²) in [5, 5.41) is 5.69. The molecule has 0 aliphatic rings. The summed E-state index contributed by atoms with van der Waals surface area (Å²) in [6.45, 7) is 2.51. The summed E-state index contributed by atoms with van der Waals surface area (Å²) in [6, 6.07) is 4.05. The first-order valence-electron chi connectivity index (χ1n) is 4.58. The summed E-state index contributed by atoms with van der Waals surface area (Å²) in [4.78, 5) is 11.1. The molecule has 0 spiro atoms.